The summed E-state index contributed by atoms with van der Waals surface area (Å²) in [6.07, 6.45) is 95.3. The minimum Gasteiger partial charge on any atom is -0.508 e. The lowest BCUT2D eigenvalue weighted by atomic mass is 10.0. The molecule has 774 valence electrons. The quantitative estimate of drug-likeness (QED) is 0.0308. The third kappa shape index (κ3) is 101. The van der Waals surface area contributed by atoms with Crippen molar-refractivity contribution in [3.05, 3.63) is 72.8 Å². The molecule has 3 aromatic carbocycles. The van der Waals surface area contributed by atoms with Gasteiger partial charge in [0.1, 0.15) is 66.0 Å². The molecule has 2 heterocycles. The van der Waals surface area contributed by atoms with Gasteiger partial charge in [0.2, 0.25) is 0 Å². The molecular weight excluding hydrogens is 1650 g/mol. The van der Waals surface area contributed by atoms with Crippen molar-refractivity contribution in [2.45, 2.75) is 516 Å². The molecule has 0 bridgehead atoms. The molecule has 0 radical (unpaired) electrons. The SMILES string of the molecule is C1CO1.CCCCCCCCCCCCCCCCOCC(C)COc1cccc(OCC(C)COCCCCCCCCCCCCCCCC)c1.CCCCCCCCCCCCCCCCOCC(O)COc1cccc(OCC(O)COCCCCCCCCCCCCCCCC)c1.CCCCCCCCCCCCCCCCOCC1CO1.Oc1cccc(O)c1. The molecule has 15 nitrogen and oxygen atoms in total. The van der Waals surface area contributed by atoms with Crippen LogP contribution < -0.4 is 18.9 Å². The summed E-state index contributed by atoms with van der Waals surface area (Å²) in [6.45, 7) is 27.3. The van der Waals surface area contributed by atoms with Crippen LogP contribution in [0, 0.1) is 11.8 Å². The molecule has 0 amide bonds. The van der Waals surface area contributed by atoms with Gasteiger partial charge in [0, 0.05) is 63.1 Å². The van der Waals surface area contributed by atoms with Crippen LogP contribution in [0.5, 0.6) is 34.5 Å². The van der Waals surface area contributed by atoms with Gasteiger partial charge in [-0.1, -0.05) is 484 Å². The summed E-state index contributed by atoms with van der Waals surface area (Å²) in [5.41, 5.74) is 0. The van der Waals surface area contributed by atoms with E-state index in [9.17, 15) is 10.2 Å². The number of aliphatic hydroxyl groups is 2. The first-order valence-electron chi connectivity index (χ1n) is 56.7. The molecule has 4 N–H and O–H groups in total. The second-order valence-corrected chi connectivity index (χ2v) is 39.2. The number of ether oxygens (including phenoxy) is 11. The largest absolute Gasteiger partial charge is 0.508 e. The number of benzene rings is 3. The Balaban J connectivity index is 0.000000988. The van der Waals surface area contributed by atoms with Gasteiger partial charge >= 0.3 is 0 Å². The van der Waals surface area contributed by atoms with Crippen molar-refractivity contribution in [1.82, 2.24) is 0 Å². The minimum atomic E-state index is -0.676. The Kier molecular flexibility index (Phi) is 99.8. The van der Waals surface area contributed by atoms with Crippen LogP contribution in [-0.4, -0.2) is 151 Å². The highest BCUT2D eigenvalue weighted by Gasteiger charge is 2.22. The predicted molar refractivity (Wildman–Crippen MR) is 561 cm³/mol. The van der Waals surface area contributed by atoms with Crippen LogP contribution in [0.15, 0.2) is 72.8 Å². The molecule has 2 aliphatic heterocycles. The highest BCUT2D eigenvalue weighted by Crippen LogP contribution is 2.26. The molecule has 2 fully saturated rings. The number of phenols is 2. The van der Waals surface area contributed by atoms with E-state index in [0.29, 0.717) is 55.9 Å². The summed E-state index contributed by atoms with van der Waals surface area (Å²) < 4.78 is 62.1. The first kappa shape index (κ1) is 126. The van der Waals surface area contributed by atoms with E-state index in [1.165, 1.54) is 455 Å². The molecule has 0 saturated carbocycles. The Hall–Kier alpha value is -3.90. The third-order valence-corrected chi connectivity index (χ3v) is 24.9. The lowest BCUT2D eigenvalue weighted by molar-refractivity contribution is 0.00955. The first-order chi connectivity index (χ1) is 65.0. The highest BCUT2D eigenvalue weighted by molar-refractivity contribution is 5.34. The predicted octanol–water partition coefficient (Wildman–Crippen LogP) is 33.9. The number of rotatable bonds is 97. The molecule has 2 aliphatic rings. The normalized spacial score (nSPS) is 13.5. The molecule has 0 aromatic heterocycles. The number of epoxide rings is 2. The molecule has 3 aromatic rings. The Morgan fingerprint density at radius 1 is 0.250 bits per heavy atom. The Bertz CT molecular complexity index is 2400. The zero-order valence-corrected chi connectivity index (χ0v) is 87.6. The smallest absolute Gasteiger partial charge is 0.123 e. The van der Waals surface area contributed by atoms with Gasteiger partial charge in [0.15, 0.2) is 0 Å². The molecule has 5 rings (SSSR count). The topological polar surface area (TPSA) is 189 Å². The lowest BCUT2D eigenvalue weighted by Gasteiger charge is -2.16. The number of hydrogen-bond acceptors (Lipinski definition) is 15. The van der Waals surface area contributed by atoms with E-state index in [1.54, 1.807) is 12.1 Å². The van der Waals surface area contributed by atoms with Crippen LogP contribution in [0.3, 0.4) is 0 Å². The van der Waals surface area contributed by atoms with E-state index in [1.807, 2.05) is 42.5 Å². The van der Waals surface area contributed by atoms with E-state index in [2.05, 4.69) is 53.2 Å². The van der Waals surface area contributed by atoms with Gasteiger partial charge in [0.05, 0.1) is 66.1 Å². The average Bonchev–Trinajstić information content (AvgIpc) is 1.16. The fourth-order valence-corrected chi connectivity index (χ4v) is 16.2. The highest BCUT2D eigenvalue weighted by atomic mass is 16.6. The number of hydrogen-bond donors (Lipinski definition) is 4. The van der Waals surface area contributed by atoms with Crippen molar-refractivity contribution >= 4 is 0 Å². The van der Waals surface area contributed by atoms with Crippen LogP contribution in [0.1, 0.15) is 498 Å². The van der Waals surface area contributed by atoms with Crippen LogP contribution in [0.25, 0.3) is 0 Å². The zero-order chi connectivity index (χ0) is 95.1. The summed E-state index contributed by atoms with van der Waals surface area (Å²) in [7, 11) is 0. The summed E-state index contributed by atoms with van der Waals surface area (Å²) in [5.74, 6) is 3.88. The van der Waals surface area contributed by atoms with Gasteiger partial charge in [-0.05, 0) is 68.5 Å². The fraction of sp³-hybridized carbons (Fsp3) is 0.846. The molecule has 5 unspecified atom stereocenters. The van der Waals surface area contributed by atoms with E-state index in [4.69, 9.17) is 57.6 Å². The summed E-state index contributed by atoms with van der Waals surface area (Å²) in [4.78, 5) is 0. The van der Waals surface area contributed by atoms with Crippen molar-refractivity contribution in [2.24, 2.45) is 11.8 Å². The van der Waals surface area contributed by atoms with Gasteiger partial charge < -0.3 is 72.5 Å². The van der Waals surface area contributed by atoms with Gasteiger partial charge in [-0.15, -0.1) is 0 Å². The molecule has 0 spiro atoms. The first-order valence-corrected chi connectivity index (χ1v) is 56.7. The second-order valence-electron chi connectivity index (χ2n) is 39.2. The van der Waals surface area contributed by atoms with Crippen molar-refractivity contribution in [3.8, 4) is 34.5 Å². The molecule has 5 atom stereocenters. The van der Waals surface area contributed by atoms with Crippen LogP contribution in [0.4, 0.5) is 0 Å². The van der Waals surface area contributed by atoms with E-state index in [-0.39, 0.29) is 37.9 Å². The van der Waals surface area contributed by atoms with Crippen LogP contribution >= 0.6 is 0 Å². The van der Waals surface area contributed by atoms with E-state index < -0.39 is 12.2 Å². The Morgan fingerprint density at radius 3 is 0.636 bits per heavy atom. The molecule has 15 heteroatoms. The van der Waals surface area contributed by atoms with Gasteiger partial charge in [-0.3, -0.25) is 0 Å². The maximum absolute atomic E-state index is 10.3. The summed E-state index contributed by atoms with van der Waals surface area (Å²) in [5, 5.41) is 37.9. The fourth-order valence-electron chi connectivity index (χ4n) is 16.2. The van der Waals surface area contributed by atoms with Crippen molar-refractivity contribution in [1.29, 1.82) is 0 Å². The second kappa shape index (κ2) is 104. The monoisotopic (exact) mass is 1860 g/mol. The maximum atomic E-state index is 10.3. The van der Waals surface area contributed by atoms with Gasteiger partial charge in [-0.25, -0.2) is 0 Å². The number of unbranched alkanes of at least 4 members (excludes halogenated alkanes) is 65. The number of phenolic OH excluding ortho intramolecular Hbond substituents is 2. The van der Waals surface area contributed by atoms with Crippen LogP contribution in [0.2, 0.25) is 0 Å². The molecule has 0 aliphatic carbocycles. The Labute approximate surface area is 815 Å². The standard InChI is InChI=1S/C46H86O4.C44H82O6.C19H38O2.C6H6O2.C2H4O/c1-5-7-9-11-13-15-17-19-21-23-25-27-29-31-36-47-39-43(3)41-49-45-34-33-35-46(38-45)50-42-44(4)40-48-37-32-30-28-26-24-22-20-18-16-14-12-10-8-6-2;1-3-5-7-9-11-13-15-17-19-21-23-25-27-29-34-47-37-41(45)39-49-43-32-31-33-44(36-43)50-40-42(46)38-48-35-30-28-26-24-22-20-18-16-14-12-10-8-6-4-2;1-2-3-4-5-6-7-8-9-10-11-12-13-14-15-16-20-17-19-18-21-19;7-5-2-1-3-6(8)4-5;1-2-3-1/h33-35,38,43-44H,5-32,36-37,39-42H2,1-4H3;31-33,36,41-42,45-46H,3-30,34-35,37-40H2,1-2H3;19H,2-18H2,1H3;1-4,7-8H;1-2H2. The maximum Gasteiger partial charge on any atom is 0.123 e. The summed E-state index contributed by atoms with van der Waals surface area (Å²) in [6, 6.07) is 21.2. The zero-order valence-electron chi connectivity index (χ0n) is 87.6. The van der Waals surface area contributed by atoms with Crippen LogP contribution in [-0.2, 0) is 33.2 Å². The van der Waals surface area contributed by atoms with Crippen molar-refractivity contribution in [2.75, 3.05) is 112 Å². The van der Waals surface area contributed by atoms with Crippen molar-refractivity contribution < 1.29 is 72.5 Å². The number of aromatic hydroxyl groups is 2. The summed E-state index contributed by atoms with van der Waals surface area (Å²) >= 11 is 0. The lowest BCUT2D eigenvalue weighted by Crippen LogP contribution is -2.24. The number of aliphatic hydroxyl groups excluding tert-OH is 2. The Morgan fingerprint density at radius 2 is 0.439 bits per heavy atom. The third-order valence-electron chi connectivity index (χ3n) is 24.9. The molecular formula is C117H216O15. The average molecular weight is 1860 g/mol. The van der Waals surface area contributed by atoms with Crippen molar-refractivity contribution in [3.63, 3.8) is 0 Å². The molecule has 2 saturated heterocycles. The van der Waals surface area contributed by atoms with E-state index in [0.717, 1.165) is 83.8 Å². The van der Waals surface area contributed by atoms with Gasteiger partial charge in [0.25, 0.3) is 0 Å². The van der Waals surface area contributed by atoms with Gasteiger partial charge in [-0.2, -0.15) is 0 Å². The molecule has 132 heavy (non-hydrogen) atoms. The minimum absolute atomic E-state index is 0.0880. The van der Waals surface area contributed by atoms with E-state index >= 15 is 0 Å².